The molecule has 1 N–H and O–H groups in total. The maximum atomic E-state index is 10.7. The van der Waals surface area contributed by atoms with Crippen LogP contribution in [0.3, 0.4) is 0 Å². The van der Waals surface area contributed by atoms with Gasteiger partial charge in [0.25, 0.3) is 0 Å². The van der Waals surface area contributed by atoms with E-state index in [4.69, 9.17) is 0 Å². The minimum atomic E-state index is -0.597. The van der Waals surface area contributed by atoms with Crippen molar-refractivity contribution in [2.75, 3.05) is 5.75 Å². The monoisotopic (exact) mass is 262 g/mol. The minimum absolute atomic E-state index is 0.289. The van der Waals surface area contributed by atoms with Gasteiger partial charge in [0.2, 0.25) is 0 Å². The number of nitrogens with zero attached hydrogens (tertiary/aromatic N) is 2. The largest absolute Gasteiger partial charge is 0.388 e. The Balaban J connectivity index is 1.98. The average Bonchev–Trinajstić information content (AvgIpc) is 2.83. The van der Waals surface area contributed by atoms with Crippen LogP contribution in [-0.4, -0.2) is 31.3 Å². The second kappa shape index (κ2) is 4.28. The van der Waals surface area contributed by atoms with E-state index in [1.54, 1.807) is 0 Å². The molecular weight excluding hydrogens is 244 g/mol. The molecule has 2 atom stereocenters. The summed E-state index contributed by atoms with van der Waals surface area (Å²) in [5, 5.41) is 11.0. The van der Waals surface area contributed by atoms with Gasteiger partial charge in [-0.3, -0.25) is 0 Å². The molecule has 1 aromatic carbocycles. The Morgan fingerprint density at radius 1 is 1.50 bits per heavy atom. The van der Waals surface area contributed by atoms with Gasteiger partial charge in [0, 0.05) is 18.7 Å². The topological polar surface area (TPSA) is 38.1 Å². The van der Waals surface area contributed by atoms with E-state index in [1.807, 2.05) is 37.0 Å². The first-order valence-electron chi connectivity index (χ1n) is 6.34. The van der Waals surface area contributed by atoms with Gasteiger partial charge in [0.05, 0.1) is 16.6 Å². The molecule has 0 spiro atoms. The first-order valence-corrected chi connectivity index (χ1v) is 7.39. The van der Waals surface area contributed by atoms with Crippen LogP contribution in [0.4, 0.5) is 0 Å². The zero-order valence-electron chi connectivity index (χ0n) is 10.8. The van der Waals surface area contributed by atoms with E-state index in [9.17, 15) is 5.11 Å². The molecule has 1 aliphatic rings. The Labute approximate surface area is 111 Å². The van der Waals surface area contributed by atoms with Gasteiger partial charge in [-0.1, -0.05) is 19.1 Å². The van der Waals surface area contributed by atoms with Crippen LogP contribution in [0.5, 0.6) is 0 Å². The fourth-order valence-electron chi connectivity index (χ4n) is 2.63. The fraction of sp³-hybridized carbons (Fsp3) is 0.500. The predicted octanol–water partition coefficient (Wildman–Crippen LogP) is 2.37. The third-order valence-corrected chi connectivity index (χ3v) is 5.38. The standard InChI is InChI=1S/C14H18N2OS/c1-10-14(17,7-8-18-10)9-13-15-11-5-3-4-6-12(11)16(13)2/h3-6,10,17H,7-9H2,1-2H3. The lowest BCUT2D eigenvalue weighted by Crippen LogP contribution is -2.37. The highest BCUT2D eigenvalue weighted by Gasteiger charge is 2.40. The summed E-state index contributed by atoms with van der Waals surface area (Å²) in [6, 6.07) is 8.12. The molecular formula is C14H18N2OS. The van der Waals surface area contributed by atoms with Crippen LogP contribution in [0.25, 0.3) is 11.0 Å². The molecule has 0 radical (unpaired) electrons. The second-order valence-corrected chi connectivity index (χ2v) is 6.57. The van der Waals surface area contributed by atoms with Crippen molar-refractivity contribution >= 4 is 22.8 Å². The fourth-order valence-corrected chi connectivity index (χ4v) is 3.97. The number of thioether (sulfide) groups is 1. The van der Waals surface area contributed by atoms with Crippen molar-refractivity contribution in [3.05, 3.63) is 30.1 Å². The number of aryl methyl sites for hydroxylation is 1. The summed E-state index contributed by atoms with van der Waals surface area (Å²) < 4.78 is 2.10. The molecule has 0 aliphatic carbocycles. The van der Waals surface area contributed by atoms with Gasteiger partial charge in [-0.25, -0.2) is 4.98 Å². The van der Waals surface area contributed by atoms with E-state index in [2.05, 4.69) is 22.5 Å². The van der Waals surface area contributed by atoms with Crippen LogP contribution in [-0.2, 0) is 13.5 Å². The van der Waals surface area contributed by atoms with Gasteiger partial charge < -0.3 is 9.67 Å². The SMILES string of the molecule is CC1SCCC1(O)Cc1nc2ccccc2n1C. The summed E-state index contributed by atoms with van der Waals surface area (Å²) in [7, 11) is 2.03. The molecule has 3 nitrogen and oxygen atoms in total. The molecule has 2 aromatic rings. The van der Waals surface area contributed by atoms with E-state index < -0.39 is 5.60 Å². The third kappa shape index (κ3) is 1.84. The number of fused-ring (bicyclic) bond motifs is 1. The van der Waals surface area contributed by atoms with E-state index in [-0.39, 0.29) is 5.25 Å². The number of para-hydroxylation sites is 2. The summed E-state index contributed by atoms with van der Waals surface area (Å²) >= 11 is 1.85. The number of hydrogen-bond donors (Lipinski definition) is 1. The van der Waals surface area contributed by atoms with Crippen LogP contribution in [0.1, 0.15) is 19.2 Å². The number of rotatable bonds is 2. The van der Waals surface area contributed by atoms with E-state index in [0.29, 0.717) is 6.42 Å². The molecule has 1 fully saturated rings. The lowest BCUT2D eigenvalue weighted by molar-refractivity contribution is 0.0439. The lowest BCUT2D eigenvalue weighted by Gasteiger charge is -2.26. The number of aliphatic hydroxyl groups is 1. The van der Waals surface area contributed by atoms with Gasteiger partial charge in [0.15, 0.2) is 0 Å². The molecule has 18 heavy (non-hydrogen) atoms. The number of aromatic nitrogens is 2. The second-order valence-electron chi connectivity index (χ2n) is 5.12. The number of benzene rings is 1. The third-order valence-electron chi connectivity index (χ3n) is 4.00. The maximum absolute atomic E-state index is 10.7. The zero-order valence-corrected chi connectivity index (χ0v) is 11.6. The highest BCUT2D eigenvalue weighted by molar-refractivity contribution is 8.00. The zero-order chi connectivity index (χ0) is 12.8. The molecule has 96 valence electrons. The molecule has 1 aliphatic heterocycles. The summed E-state index contributed by atoms with van der Waals surface area (Å²) in [4.78, 5) is 4.65. The van der Waals surface area contributed by atoms with Crippen molar-refractivity contribution < 1.29 is 5.11 Å². The maximum Gasteiger partial charge on any atom is 0.112 e. The van der Waals surface area contributed by atoms with Crippen molar-refractivity contribution in [2.24, 2.45) is 7.05 Å². The Bertz CT molecular complexity index is 580. The molecule has 2 unspecified atom stereocenters. The first kappa shape index (κ1) is 12.1. The van der Waals surface area contributed by atoms with Crippen LogP contribution >= 0.6 is 11.8 Å². The molecule has 2 heterocycles. The Kier molecular flexibility index (Phi) is 2.87. The highest BCUT2D eigenvalue weighted by atomic mass is 32.2. The Hall–Kier alpha value is -1.00. The van der Waals surface area contributed by atoms with Crippen LogP contribution < -0.4 is 0 Å². The van der Waals surface area contributed by atoms with Gasteiger partial charge in [-0.15, -0.1) is 0 Å². The van der Waals surface area contributed by atoms with Gasteiger partial charge >= 0.3 is 0 Å². The summed E-state index contributed by atoms with van der Waals surface area (Å²) in [6.45, 7) is 2.11. The molecule has 4 heteroatoms. The van der Waals surface area contributed by atoms with Gasteiger partial charge in [-0.05, 0) is 24.3 Å². The Morgan fingerprint density at radius 2 is 2.28 bits per heavy atom. The van der Waals surface area contributed by atoms with Crippen molar-refractivity contribution in [2.45, 2.75) is 30.6 Å². The normalized spacial score (nSPS) is 28.1. The van der Waals surface area contributed by atoms with Gasteiger partial charge in [0.1, 0.15) is 5.82 Å². The molecule has 3 rings (SSSR count). The van der Waals surface area contributed by atoms with Crippen molar-refractivity contribution in [3.63, 3.8) is 0 Å². The molecule has 0 bridgehead atoms. The molecule has 1 saturated heterocycles. The average molecular weight is 262 g/mol. The smallest absolute Gasteiger partial charge is 0.112 e. The van der Waals surface area contributed by atoms with E-state index in [0.717, 1.165) is 29.0 Å². The lowest BCUT2D eigenvalue weighted by atomic mass is 9.93. The van der Waals surface area contributed by atoms with Crippen LogP contribution in [0.2, 0.25) is 0 Å². The minimum Gasteiger partial charge on any atom is -0.388 e. The van der Waals surface area contributed by atoms with Crippen LogP contribution in [0.15, 0.2) is 24.3 Å². The van der Waals surface area contributed by atoms with Crippen molar-refractivity contribution in [3.8, 4) is 0 Å². The van der Waals surface area contributed by atoms with Crippen molar-refractivity contribution in [1.29, 1.82) is 0 Å². The van der Waals surface area contributed by atoms with E-state index >= 15 is 0 Å². The number of imidazole rings is 1. The van der Waals surface area contributed by atoms with Crippen LogP contribution in [0, 0.1) is 0 Å². The summed E-state index contributed by atoms with van der Waals surface area (Å²) in [5.41, 5.74) is 1.55. The van der Waals surface area contributed by atoms with Gasteiger partial charge in [-0.2, -0.15) is 11.8 Å². The summed E-state index contributed by atoms with van der Waals surface area (Å²) in [6.07, 6.45) is 1.51. The van der Waals surface area contributed by atoms with Crippen molar-refractivity contribution in [1.82, 2.24) is 9.55 Å². The quantitative estimate of drug-likeness (QED) is 0.903. The summed E-state index contributed by atoms with van der Waals surface area (Å²) in [5.74, 6) is 2.02. The predicted molar refractivity (Wildman–Crippen MR) is 75.9 cm³/mol. The highest BCUT2D eigenvalue weighted by Crippen LogP contribution is 2.37. The molecule has 0 saturated carbocycles. The molecule has 1 aromatic heterocycles. The number of hydrogen-bond acceptors (Lipinski definition) is 3. The Morgan fingerprint density at radius 3 is 2.94 bits per heavy atom. The van der Waals surface area contributed by atoms with E-state index in [1.165, 1.54) is 0 Å². The first-order chi connectivity index (χ1) is 8.60. The molecule has 0 amide bonds.